The first-order valence-corrected chi connectivity index (χ1v) is 8.00. The Hall–Kier alpha value is -1.71. The van der Waals surface area contributed by atoms with Crippen LogP contribution in [0, 0.1) is 5.92 Å². The van der Waals surface area contributed by atoms with Gasteiger partial charge in [-0.25, -0.2) is 4.99 Å². The lowest BCUT2D eigenvalue weighted by Crippen LogP contribution is -2.44. The van der Waals surface area contributed by atoms with E-state index in [4.69, 9.17) is 0 Å². The average molecular weight is 289 g/mol. The number of guanidine groups is 1. The minimum absolute atomic E-state index is 0.295. The molecule has 1 fully saturated rings. The molecule has 1 aromatic carbocycles. The van der Waals surface area contributed by atoms with Gasteiger partial charge in [-0.2, -0.15) is 0 Å². The molecule has 0 amide bonds. The molecule has 0 radical (unpaired) electrons. The van der Waals surface area contributed by atoms with Gasteiger partial charge in [-0.15, -0.1) is 0 Å². The molecule has 4 heteroatoms. The maximum absolute atomic E-state index is 9.30. The zero-order chi connectivity index (χ0) is 15.1. The number of nitrogens with zero attached hydrogens (tertiary/aromatic N) is 1. The van der Waals surface area contributed by atoms with Crippen molar-refractivity contribution in [2.75, 3.05) is 6.54 Å². The van der Waals surface area contributed by atoms with Crippen molar-refractivity contribution in [1.29, 1.82) is 0 Å². The molecule has 0 spiro atoms. The van der Waals surface area contributed by atoms with Gasteiger partial charge in [-0.1, -0.05) is 19.1 Å². The highest BCUT2D eigenvalue weighted by atomic mass is 16.3. The molecule has 0 heterocycles. The zero-order valence-electron chi connectivity index (χ0n) is 13.1. The monoisotopic (exact) mass is 289 g/mol. The smallest absolute Gasteiger partial charge is 0.191 e. The van der Waals surface area contributed by atoms with Gasteiger partial charge in [0.1, 0.15) is 5.75 Å². The minimum Gasteiger partial charge on any atom is -0.508 e. The topological polar surface area (TPSA) is 56.7 Å². The summed E-state index contributed by atoms with van der Waals surface area (Å²) in [5.74, 6) is 2.05. The number of phenols is 1. The van der Waals surface area contributed by atoms with Crippen LogP contribution in [0.2, 0.25) is 0 Å². The van der Waals surface area contributed by atoms with E-state index in [1.54, 1.807) is 12.1 Å². The van der Waals surface area contributed by atoms with Gasteiger partial charge in [-0.3, -0.25) is 0 Å². The second-order valence-corrected chi connectivity index (χ2v) is 5.96. The SMILES string of the molecule is CCNC(=NCc1ccc(O)cc1)NC1CCC(C)CC1. The first kappa shape index (κ1) is 15.7. The van der Waals surface area contributed by atoms with E-state index in [0.29, 0.717) is 18.3 Å². The Kier molecular flexibility index (Phi) is 5.90. The van der Waals surface area contributed by atoms with Gasteiger partial charge in [0.05, 0.1) is 6.54 Å². The first-order valence-electron chi connectivity index (χ1n) is 8.00. The Morgan fingerprint density at radius 1 is 1.19 bits per heavy atom. The second-order valence-electron chi connectivity index (χ2n) is 5.96. The number of nitrogens with one attached hydrogen (secondary N) is 2. The largest absolute Gasteiger partial charge is 0.508 e. The Morgan fingerprint density at radius 3 is 2.48 bits per heavy atom. The third-order valence-electron chi connectivity index (χ3n) is 4.06. The van der Waals surface area contributed by atoms with Crippen molar-refractivity contribution in [3.05, 3.63) is 29.8 Å². The lowest BCUT2D eigenvalue weighted by Gasteiger charge is -2.28. The highest BCUT2D eigenvalue weighted by molar-refractivity contribution is 5.80. The molecule has 4 nitrogen and oxygen atoms in total. The molecule has 0 atom stereocenters. The number of hydrogen-bond acceptors (Lipinski definition) is 2. The number of hydrogen-bond donors (Lipinski definition) is 3. The zero-order valence-corrected chi connectivity index (χ0v) is 13.1. The molecular weight excluding hydrogens is 262 g/mol. The van der Waals surface area contributed by atoms with Gasteiger partial charge < -0.3 is 15.7 Å². The summed E-state index contributed by atoms with van der Waals surface area (Å²) < 4.78 is 0. The molecule has 0 bridgehead atoms. The maximum atomic E-state index is 9.30. The van der Waals surface area contributed by atoms with Gasteiger partial charge in [0, 0.05) is 12.6 Å². The number of rotatable bonds is 4. The molecule has 1 aliphatic carbocycles. The van der Waals surface area contributed by atoms with Crippen LogP contribution in [0.15, 0.2) is 29.3 Å². The van der Waals surface area contributed by atoms with Crippen molar-refractivity contribution in [1.82, 2.24) is 10.6 Å². The molecule has 0 aliphatic heterocycles. The van der Waals surface area contributed by atoms with E-state index in [2.05, 4.69) is 29.5 Å². The van der Waals surface area contributed by atoms with E-state index in [9.17, 15) is 5.11 Å². The summed E-state index contributed by atoms with van der Waals surface area (Å²) in [6.45, 7) is 5.91. The van der Waals surface area contributed by atoms with Crippen molar-refractivity contribution < 1.29 is 5.11 Å². The van der Waals surface area contributed by atoms with Crippen LogP contribution in [0.5, 0.6) is 5.75 Å². The van der Waals surface area contributed by atoms with Crippen molar-refractivity contribution in [2.45, 2.75) is 52.1 Å². The van der Waals surface area contributed by atoms with E-state index in [0.717, 1.165) is 24.0 Å². The standard InChI is InChI=1S/C17H27N3O/c1-3-18-17(20-15-8-4-13(2)5-9-15)19-12-14-6-10-16(21)11-7-14/h6-7,10-11,13,15,21H,3-5,8-9,12H2,1-2H3,(H2,18,19,20). The summed E-state index contributed by atoms with van der Waals surface area (Å²) in [4.78, 5) is 4.64. The van der Waals surface area contributed by atoms with E-state index in [1.165, 1.54) is 25.7 Å². The quantitative estimate of drug-likeness (QED) is 0.590. The number of aliphatic imine (C=N–C) groups is 1. The lowest BCUT2D eigenvalue weighted by molar-refractivity contribution is 0.329. The Morgan fingerprint density at radius 2 is 1.86 bits per heavy atom. The number of benzene rings is 1. The minimum atomic E-state index is 0.295. The van der Waals surface area contributed by atoms with Gasteiger partial charge in [-0.05, 0) is 56.2 Å². The van der Waals surface area contributed by atoms with Crippen LogP contribution < -0.4 is 10.6 Å². The fourth-order valence-corrected chi connectivity index (χ4v) is 2.69. The number of phenolic OH excluding ortho intramolecular Hbond substituents is 1. The molecule has 2 rings (SSSR count). The normalized spacial score (nSPS) is 22.9. The van der Waals surface area contributed by atoms with Crippen molar-refractivity contribution in [3.8, 4) is 5.75 Å². The van der Waals surface area contributed by atoms with Crippen LogP contribution in [0.4, 0.5) is 0 Å². The Balaban J connectivity index is 1.91. The summed E-state index contributed by atoms with van der Waals surface area (Å²) in [7, 11) is 0. The molecule has 1 saturated carbocycles. The third-order valence-corrected chi connectivity index (χ3v) is 4.06. The highest BCUT2D eigenvalue weighted by Crippen LogP contribution is 2.23. The summed E-state index contributed by atoms with van der Waals surface area (Å²) >= 11 is 0. The molecule has 1 aliphatic rings. The highest BCUT2D eigenvalue weighted by Gasteiger charge is 2.18. The fourth-order valence-electron chi connectivity index (χ4n) is 2.69. The molecule has 3 N–H and O–H groups in total. The van der Waals surface area contributed by atoms with Crippen molar-refractivity contribution in [3.63, 3.8) is 0 Å². The van der Waals surface area contributed by atoms with Crippen LogP contribution in [-0.2, 0) is 6.54 Å². The predicted octanol–water partition coefficient (Wildman–Crippen LogP) is 3.03. The number of aromatic hydroxyl groups is 1. The summed E-state index contributed by atoms with van der Waals surface area (Å²) in [5, 5.41) is 16.2. The average Bonchev–Trinajstić information content (AvgIpc) is 2.49. The fraction of sp³-hybridized carbons (Fsp3) is 0.588. The molecule has 0 unspecified atom stereocenters. The predicted molar refractivity (Wildman–Crippen MR) is 87.5 cm³/mol. The van der Waals surface area contributed by atoms with E-state index in [-0.39, 0.29) is 0 Å². The molecule has 116 valence electrons. The van der Waals surface area contributed by atoms with Crippen molar-refractivity contribution >= 4 is 5.96 Å². The lowest BCUT2D eigenvalue weighted by atomic mass is 9.87. The van der Waals surface area contributed by atoms with Crippen LogP contribution in [0.1, 0.15) is 45.1 Å². The van der Waals surface area contributed by atoms with Crippen molar-refractivity contribution in [2.24, 2.45) is 10.9 Å². The van der Waals surface area contributed by atoms with Gasteiger partial charge in [0.15, 0.2) is 5.96 Å². The van der Waals surface area contributed by atoms with Crippen LogP contribution in [0.3, 0.4) is 0 Å². The van der Waals surface area contributed by atoms with Crippen LogP contribution in [-0.4, -0.2) is 23.7 Å². The van der Waals surface area contributed by atoms with E-state index >= 15 is 0 Å². The van der Waals surface area contributed by atoms with Gasteiger partial charge >= 0.3 is 0 Å². The maximum Gasteiger partial charge on any atom is 0.191 e. The van der Waals surface area contributed by atoms with Gasteiger partial charge in [0.25, 0.3) is 0 Å². The van der Waals surface area contributed by atoms with Crippen LogP contribution in [0.25, 0.3) is 0 Å². The van der Waals surface area contributed by atoms with E-state index < -0.39 is 0 Å². The van der Waals surface area contributed by atoms with E-state index in [1.807, 2.05) is 12.1 Å². The molecule has 0 aromatic heterocycles. The summed E-state index contributed by atoms with van der Waals surface area (Å²) in [6.07, 6.45) is 5.06. The molecule has 0 saturated heterocycles. The Bertz CT molecular complexity index is 448. The summed E-state index contributed by atoms with van der Waals surface area (Å²) in [6, 6.07) is 7.76. The second kappa shape index (κ2) is 7.91. The molecular formula is C17H27N3O. The first-order chi connectivity index (χ1) is 10.2. The molecule has 1 aromatic rings. The van der Waals surface area contributed by atoms with Crippen LogP contribution >= 0.6 is 0 Å². The van der Waals surface area contributed by atoms with Gasteiger partial charge in [0.2, 0.25) is 0 Å². The Labute approximate surface area is 127 Å². The molecule has 21 heavy (non-hydrogen) atoms. The summed E-state index contributed by atoms with van der Waals surface area (Å²) in [5.41, 5.74) is 1.10. The third kappa shape index (κ3) is 5.29.